The fraction of sp³-hybridized carbons (Fsp3) is 0.190. The molecule has 25 heavy (non-hydrogen) atoms. The van der Waals surface area contributed by atoms with Crippen LogP contribution in [-0.4, -0.2) is 27.0 Å². The van der Waals surface area contributed by atoms with Crippen LogP contribution in [0.4, 0.5) is 0 Å². The molecule has 2 aromatic carbocycles. The third kappa shape index (κ3) is 4.10. The van der Waals surface area contributed by atoms with Crippen LogP contribution in [-0.2, 0) is 6.54 Å². The van der Waals surface area contributed by atoms with Crippen molar-refractivity contribution in [3.8, 4) is 11.3 Å². The molecule has 4 nitrogen and oxygen atoms in total. The van der Waals surface area contributed by atoms with Gasteiger partial charge in [-0.2, -0.15) is 0 Å². The van der Waals surface area contributed by atoms with Crippen LogP contribution in [0.3, 0.4) is 0 Å². The van der Waals surface area contributed by atoms with Crippen molar-refractivity contribution < 1.29 is 4.79 Å². The Balaban J connectivity index is 1.80. The largest absolute Gasteiger partial charge is 0.331 e. The maximum atomic E-state index is 12.9. The maximum absolute atomic E-state index is 12.9. The second-order valence-electron chi connectivity index (χ2n) is 6.18. The lowest BCUT2D eigenvalue weighted by Crippen LogP contribution is -2.37. The molecule has 0 saturated heterocycles. The van der Waals surface area contributed by atoms with Gasteiger partial charge in [-0.25, -0.2) is 0 Å². The SMILES string of the molecule is CC(C)N(Cc1ccccc1)C(=O)c1ccc(-c2ccccc2)nn1. The molecule has 1 heterocycles. The van der Waals surface area contributed by atoms with Crippen molar-refractivity contribution in [3.63, 3.8) is 0 Å². The molecule has 1 aromatic heterocycles. The molecule has 126 valence electrons. The van der Waals surface area contributed by atoms with Gasteiger partial charge in [0, 0.05) is 18.2 Å². The predicted molar refractivity (Wildman–Crippen MR) is 98.9 cm³/mol. The quantitative estimate of drug-likeness (QED) is 0.704. The summed E-state index contributed by atoms with van der Waals surface area (Å²) in [6.45, 7) is 4.57. The van der Waals surface area contributed by atoms with Crippen molar-refractivity contribution in [3.05, 3.63) is 84.1 Å². The molecule has 0 aliphatic heterocycles. The lowest BCUT2D eigenvalue weighted by molar-refractivity contribution is 0.0683. The molecule has 0 radical (unpaired) electrons. The smallest absolute Gasteiger partial charge is 0.274 e. The Morgan fingerprint density at radius 1 is 0.880 bits per heavy atom. The first-order chi connectivity index (χ1) is 12.1. The zero-order valence-electron chi connectivity index (χ0n) is 14.5. The molecule has 3 aromatic rings. The van der Waals surface area contributed by atoms with E-state index in [1.807, 2.05) is 85.5 Å². The van der Waals surface area contributed by atoms with Crippen LogP contribution in [0.2, 0.25) is 0 Å². The summed E-state index contributed by atoms with van der Waals surface area (Å²) in [4.78, 5) is 14.7. The van der Waals surface area contributed by atoms with Gasteiger partial charge in [0.2, 0.25) is 0 Å². The number of aromatic nitrogens is 2. The van der Waals surface area contributed by atoms with E-state index in [9.17, 15) is 4.79 Å². The molecular formula is C21H21N3O. The van der Waals surface area contributed by atoms with E-state index in [0.29, 0.717) is 12.2 Å². The van der Waals surface area contributed by atoms with Crippen molar-refractivity contribution in [2.45, 2.75) is 26.4 Å². The van der Waals surface area contributed by atoms with Gasteiger partial charge in [0.05, 0.1) is 5.69 Å². The topological polar surface area (TPSA) is 46.1 Å². The van der Waals surface area contributed by atoms with Crippen molar-refractivity contribution in [2.24, 2.45) is 0 Å². The van der Waals surface area contributed by atoms with E-state index in [1.165, 1.54) is 0 Å². The van der Waals surface area contributed by atoms with Gasteiger partial charge in [-0.15, -0.1) is 10.2 Å². The van der Waals surface area contributed by atoms with E-state index >= 15 is 0 Å². The standard InChI is InChI=1S/C21H21N3O/c1-16(2)24(15-17-9-5-3-6-10-17)21(25)20-14-13-19(22-23-20)18-11-7-4-8-12-18/h3-14,16H,15H2,1-2H3. The van der Waals surface area contributed by atoms with Crippen molar-refractivity contribution in [1.82, 2.24) is 15.1 Å². The third-order valence-corrected chi connectivity index (χ3v) is 4.03. The van der Waals surface area contributed by atoms with E-state index in [2.05, 4.69) is 10.2 Å². The highest BCUT2D eigenvalue weighted by atomic mass is 16.2. The molecular weight excluding hydrogens is 310 g/mol. The number of nitrogens with zero attached hydrogens (tertiary/aromatic N) is 3. The van der Waals surface area contributed by atoms with E-state index in [-0.39, 0.29) is 11.9 Å². The highest BCUT2D eigenvalue weighted by Gasteiger charge is 2.20. The van der Waals surface area contributed by atoms with Gasteiger partial charge in [-0.1, -0.05) is 60.7 Å². The van der Waals surface area contributed by atoms with E-state index in [1.54, 1.807) is 6.07 Å². The first kappa shape index (κ1) is 16.8. The number of hydrogen-bond acceptors (Lipinski definition) is 3. The van der Waals surface area contributed by atoms with Gasteiger partial charge in [0.1, 0.15) is 0 Å². The fourth-order valence-electron chi connectivity index (χ4n) is 2.63. The van der Waals surface area contributed by atoms with Crippen LogP contribution in [0.15, 0.2) is 72.8 Å². The second-order valence-corrected chi connectivity index (χ2v) is 6.18. The minimum Gasteiger partial charge on any atom is -0.331 e. The average molecular weight is 331 g/mol. The van der Waals surface area contributed by atoms with Crippen LogP contribution in [0.1, 0.15) is 29.9 Å². The summed E-state index contributed by atoms with van der Waals surface area (Å²) in [5, 5.41) is 8.38. The molecule has 0 aliphatic carbocycles. The molecule has 0 unspecified atom stereocenters. The number of amides is 1. The normalized spacial score (nSPS) is 10.7. The second kappa shape index (κ2) is 7.71. The van der Waals surface area contributed by atoms with Crippen LogP contribution in [0, 0.1) is 0 Å². The number of benzene rings is 2. The third-order valence-electron chi connectivity index (χ3n) is 4.03. The minimum atomic E-state index is -0.106. The first-order valence-electron chi connectivity index (χ1n) is 8.39. The molecule has 0 aliphatic rings. The van der Waals surface area contributed by atoms with E-state index < -0.39 is 0 Å². The molecule has 0 bridgehead atoms. The fourth-order valence-corrected chi connectivity index (χ4v) is 2.63. The number of carbonyl (C=O) groups is 1. The minimum absolute atomic E-state index is 0.0725. The van der Waals surface area contributed by atoms with Crippen LogP contribution >= 0.6 is 0 Å². The molecule has 3 rings (SSSR count). The van der Waals surface area contributed by atoms with Gasteiger partial charge in [-0.3, -0.25) is 4.79 Å². The lowest BCUT2D eigenvalue weighted by Gasteiger charge is -2.26. The summed E-state index contributed by atoms with van der Waals surface area (Å²) < 4.78 is 0. The molecule has 4 heteroatoms. The summed E-state index contributed by atoms with van der Waals surface area (Å²) >= 11 is 0. The van der Waals surface area contributed by atoms with E-state index in [0.717, 1.165) is 16.8 Å². The Hall–Kier alpha value is -3.01. The Morgan fingerprint density at radius 2 is 1.52 bits per heavy atom. The number of rotatable bonds is 5. The Bertz CT molecular complexity index is 815. The molecule has 0 N–H and O–H groups in total. The highest BCUT2D eigenvalue weighted by Crippen LogP contribution is 2.17. The molecule has 1 amide bonds. The summed E-state index contributed by atoms with van der Waals surface area (Å²) in [6.07, 6.45) is 0. The summed E-state index contributed by atoms with van der Waals surface area (Å²) in [7, 11) is 0. The molecule has 0 spiro atoms. The lowest BCUT2D eigenvalue weighted by atomic mass is 10.1. The Labute approximate surface area is 148 Å². The predicted octanol–water partition coefficient (Wildman–Crippen LogP) is 4.19. The maximum Gasteiger partial charge on any atom is 0.274 e. The first-order valence-corrected chi connectivity index (χ1v) is 8.39. The van der Waals surface area contributed by atoms with Crippen LogP contribution in [0.5, 0.6) is 0 Å². The number of hydrogen-bond donors (Lipinski definition) is 0. The van der Waals surface area contributed by atoms with Gasteiger partial charge in [-0.05, 0) is 31.5 Å². The monoisotopic (exact) mass is 331 g/mol. The Kier molecular flexibility index (Phi) is 5.19. The van der Waals surface area contributed by atoms with E-state index in [4.69, 9.17) is 0 Å². The summed E-state index contributed by atoms with van der Waals surface area (Å²) in [5.74, 6) is -0.106. The van der Waals surface area contributed by atoms with Crippen molar-refractivity contribution in [2.75, 3.05) is 0 Å². The van der Waals surface area contributed by atoms with Gasteiger partial charge in [0.25, 0.3) is 5.91 Å². The summed E-state index contributed by atoms with van der Waals surface area (Å²) in [6, 6.07) is 23.4. The van der Waals surface area contributed by atoms with Crippen LogP contribution < -0.4 is 0 Å². The van der Waals surface area contributed by atoms with Gasteiger partial charge in [0.15, 0.2) is 5.69 Å². The van der Waals surface area contributed by atoms with Crippen molar-refractivity contribution in [1.29, 1.82) is 0 Å². The van der Waals surface area contributed by atoms with Gasteiger partial charge < -0.3 is 4.90 Å². The molecule has 0 saturated carbocycles. The molecule has 0 fully saturated rings. The van der Waals surface area contributed by atoms with Crippen LogP contribution in [0.25, 0.3) is 11.3 Å². The van der Waals surface area contributed by atoms with Crippen molar-refractivity contribution >= 4 is 5.91 Å². The van der Waals surface area contributed by atoms with Gasteiger partial charge >= 0.3 is 0 Å². The number of carbonyl (C=O) groups excluding carboxylic acids is 1. The molecule has 0 atom stereocenters. The highest BCUT2D eigenvalue weighted by molar-refractivity contribution is 5.92. The Morgan fingerprint density at radius 3 is 2.08 bits per heavy atom. The summed E-state index contributed by atoms with van der Waals surface area (Å²) in [5.41, 5.74) is 3.21. The zero-order valence-corrected chi connectivity index (χ0v) is 14.5. The zero-order chi connectivity index (χ0) is 17.6. The average Bonchev–Trinajstić information content (AvgIpc) is 2.67.